The summed E-state index contributed by atoms with van der Waals surface area (Å²) < 4.78 is 1.34. The summed E-state index contributed by atoms with van der Waals surface area (Å²) in [6, 6.07) is 9.49. The van der Waals surface area contributed by atoms with E-state index >= 15 is 0 Å². The molecule has 15 heavy (non-hydrogen) atoms. The summed E-state index contributed by atoms with van der Waals surface area (Å²) in [5.74, 6) is 0. The fourth-order valence-corrected chi connectivity index (χ4v) is 1.35. The molecule has 2 rings (SSSR count). The number of rotatable bonds is 3. The van der Waals surface area contributed by atoms with E-state index < -0.39 is 5.56 Å². The predicted octanol–water partition coefficient (Wildman–Crippen LogP) is 1.62. The topological polar surface area (TPSA) is 67.2 Å². The van der Waals surface area contributed by atoms with Crippen LogP contribution >= 0.6 is 0 Å². The summed E-state index contributed by atoms with van der Waals surface area (Å²) in [5, 5.41) is 5.30. The summed E-state index contributed by atoms with van der Waals surface area (Å²) >= 11 is 0. The first kappa shape index (κ1) is 9.39. The zero-order chi connectivity index (χ0) is 10.7. The van der Waals surface area contributed by atoms with Crippen LogP contribution in [0.4, 0.5) is 5.69 Å². The Labute approximate surface area is 85.3 Å². The van der Waals surface area contributed by atoms with Gasteiger partial charge in [0, 0.05) is 0 Å². The minimum Gasteiger partial charge on any atom is -0.300 e. The molecule has 1 aromatic heterocycles. The molecule has 1 N–H and O–H groups in total. The van der Waals surface area contributed by atoms with Crippen LogP contribution in [0.15, 0.2) is 46.5 Å². The van der Waals surface area contributed by atoms with Crippen molar-refractivity contribution >= 4 is 5.69 Å². The molecule has 0 spiro atoms. The molecule has 2 aromatic rings. The van der Waals surface area contributed by atoms with Gasteiger partial charge in [0.25, 0.3) is 5.56 Å². The predicted molar refractivity (Wildman–Crippen MR) is 56.1 cm³/mol. The van der Waals surface area contributed by atoms with Crippen molar-refractivity contribution in [2.45, 2.75) is 6.54 Å². The SMILES string of the molecule is O=Nc1c[nH]n(Cc2ccccc2)c1=O. The highest BCUT2D eigenvalue weighted by molar-refractivity contribution is 5.30. The normalized spacial score (nSPS) is 10.1. The maximum Gasteiger partial charge on any atom is 0.296 e. The first-order chi connectivity index (χ1) is 7.31. The van der Waals surface area contributed by atoms with Crippen molar-refractivity contribution in [3.63, 3.8) is 0 Å². The fourth-order valence-electron chi connectivity index (χ4n) is 1.35. The third kappa shape index (κ3) is 1.85. The molecule has 0 aliphatic rings. The lowest BCUT2D eigenvalue weighted by Gasteiger charge is -2.00. The van der Waals surface area contributed by atoms with Crippen molar-refractivity contribution in [2.24, 2.45) is 5.18 Å². The van der Waals surface area contributed by atoms with E-state index in [2.05, 4.69) is 10.3 Å². The third-order valence-electron chi connectivity index (χ3n) is 2.10. The summed E-state index contributed by atoms with van der Waals surface area (Å²) in [6.07, 6.45) is 1.30. The summed E-state index contributed by atoms with van der Waals surface area (Å²) in [6.45, 7) is 0.412. The number of hydrogen-bond donors (Lipinski definition) is 1. The van der Waals surface area contributed by atoms with Crippen LogP contribution in [0.25, 0.3) is 0 Å². The maximum atomic E-state index is 11.4. The number of nitrogens with zero attached hydrogens (tertiary/aromatic N) is 2. The number of hydrogen-bond acceptors (Lipinski definition) is 3. The molecule has 0 bridgehead atoms. The Morgan fingerprint density at radius 3 is 2.60 bits per heavy atom. The first-order valence-corrected chi connectivity index (χ1v) is 4.47. The smallest absolute Gasteiger partial charge is 0.296 e. The van der Waals surface area contributed by atoms with Gasteiger partial charge in [-0.2, -0.15) is 0 Å². The second kappa shape index (κ2) is 3.91. The second-order valence-electron chi connectivity index (χ2n) is 3.13. The monoisotopic (exact) mass is 203 g/mol. The molecule has 1 aromatic carbocycles. The van der Waals surface area contributed by atoms with Gasteiger partial charge in [0.2, 0.25) is 0 Å². The van der Waals surface area contributed by atoms with Crippen LogP contribution in [0.1, 0.15) is 5.56 Å². The van der Waals surface area contributed by atoms with E-state index in [4.69, 9.17) is 0 Å². The van der Waals surface area contributed by atoms with Gasteiger partial charge in [-0.05, 0) is 10.7 Å². The molecular formula is C10H9N3O2. The Hall–Kier alpha value is -2.17. The van der Waals surface area contributed by atoms with E-state index in [1.54, 1.807) is 0 Å². The van der Waals surface area contributed by atoms with Gasteiger partial charge >= 0.3 is 0 Å². The molecular weight excluding hydrogens is 194 g/mol. The second-order valence-corrected chi connectivity index (χ2v) is 3.13. The molecule has 0 fully saturated rings. The van der Waals surface area contributed by atoms with Gasteiger partial charge in [0.05, 0.1) is 12.7 Å². The molecule has 0 aliphatic heterocycles. The highest BCUT2D eigenvalue weighted by Crippen LogP contribution is 2.03. The number of aromatic nitrogens is 2. The Morgan fingerprint density at radius 1 is 1.27 bits per heavy atom. The first-order valence-electron chi connectivity index (χ1n) is 4.47. The zero-order valence-electron chi connectivity index (χ0n) is 7.88. The van der Waals surface area contributed by atoms with Crippen LogP contribution in [0.3, 0.4) is 0 Å². The summed E-state index contributed by atoms with van der Waals surface area (Å²) in [4.78, 5) is 21.7. The van der Waals surface area contributed by atoms with E-state index in [0.29, 0.717) is 6.54 Å². The van der Waals surface area contributed by atoms with Crippen LogP contribution in [0.5, 0.6) is 0 Å². The molecule has 1 heterocycles. The van der Waals surface area contributed by atoms with Crippen LogP contribution < -0.4 is 5.56 Å². The van der Waals surface area contributed by atoms with Gasteiger partial charge in [-0.25, -0.2) is 4.68 Å². The van der Waals surface area contributed by atoms with E-state index in [0.717, 1.165) is 5.56 Å². The highest BCUT2D eigenvalue weighted by Gasteiger charge is 2.05. The van der Waals surface area contributed by atoms with Gasteiger partial charge in [0.1, 0.15) is 0 Å². The third-order valence-corrected chi connectivity index (χ3v) is 2.10. The number of H-pyrrole nitrogens is 1. The molecule has 76 valence electrons. The van der Waals surface area contributed by atoms with Gasteiger partial charge in [-0.1, -0.05) is 30.3 Å². The van der Waals surface area contributed by atoms with E-state index in [9.17, 15) is 9.70 Å². The number of nitroso groups, excluding NO2 is 1. The quantitative estimate of drug-likeness (QED) is 0.770. The molecule has 0 amide bonds. The van der Waals surface area contributed by atoms with Crippen LogP contribution in [-0.2, 0) is 6.54 Å². The Balaban J connectivity index is 2.29. The number of nitrogens with one attached hydrogen (secondary N) is 1. The molecule has 0 saturated heterocycles. The zero-order valence-corrected chi connectivity index (χ0v) is 7.88. The van der Waals surface area contributed by atoms with Crippen LogP contribution in [0.2, 0.25) is 0 Å². The minimum atomic E-state index is -0.395. The van der Waals surface area contributed by atoms with Crippen molar-refractivity contribution in [3.8, 4) is 0 Å². The van der Waals surface area contributed by atoms with Crippen molar-refractivity contribution in [3.05, 3.63) is 57.4 Å². The maximum absolute atomic E-state index is 11.4. The summed E-state index contributed by atoms with van der Waals surface area (Å²) in [7, 11) is 0. The molecule has 0 radical (unpaired) electrons. The van der Waals surface area contributed by atoms with Gasteiger partial charge in [0.15, 0.2) is 5.69 Å². The standard InChI is InChI=1S/C10H9N3O2/c14-10-9(12-15)6-11-13(10)7-8-4-2-1-3-5-8/h1-6,11H,7H2. The largest absolute Gasteiger partial charge is 0.300 e. The van der Waals surface area contributed by atoms with E-state index in [1.165, 1.54) is 10.9 Å². The van der Waals surface area contributed by atoms with Gasteiger partial charge in [-0.3, -0.25) is 4.79 Å². The van der Waals surface area contributed by atoms with Crippen LogP contribution in [0, 0.1) is 4.91 Å². The number of benzene rings is 1. The van der Waals surface area contributed by atoms with Crippen LogP contribution in [-0.4, -0.2) is 9.78 Å². The summed E-state index contributed by atoms with van der Waals surface area (Å²) in [5.41, 5.74) is 0.499. The lowest BCUT2D eigenvalue weighted by Crippen LogP contribution is -2.16. The fraction of sp³-hybridized carbons (Fsp3) is 0.100. The lowest BCUT2D eigenvalue weighted by molar-refractivity contribution is 0.664. The molecule has 5 nitrogen and oxygen atoms in total. The average molecular weight is 203 g/mol. The number of aromatic amines is 1. The van der Waals surface area contributed by atoms with Crippen molar-refractivity contribution in [2.75, 3.05) is 0 Å². The van der Waals surface area contributed by atoms with Crippen molar-refractivity contribution in [1.29, 1.82) is 0 Å². The Morgan fingerprint density at radius 2 is 2.00 bits per heavy atom. The highest BCUT2D eigenvalue weighted by atomic mass is 16.3. The van der Waals surface area contributed by atoms with E-state index in [-0.39, 0.29) is 5.69 Å². The minimum absolute atomic E-state index is 0.0917. The van der Waals surface area contributed by atoms with E-state index in [1.807, 2.05) is 30.3 Å². The van der Waals surface area contributed by atoms with Gasteiger partial charge in [-0.15, -0.1) is 4.91 Å². The van der Waals surface area contributed by atoms with Gasteiger partial charge < -0.3 is 5.10 Å². The Bertz CT molecular complexity index is 513. The van der Waals surface area contributed by atoms with Crippen molar-refractivity contribution in [1.82, 2.24) is 9.78 Å². The Kier molecular flexibility index (Phi) is 2.45. The van der Waals surface area contributed by atoms with Crippen molar-refractivity contribution < 1.29 is 0 Å². The molecule has 5 heteroatoms. The molecule has 0 unspecified atom stereocenters. The lowest BCUT2D eigenvalue weighted by atomic mass is 10.2. The average Bonchev–Trinajstić information content (AvgIpc) is 2.62. The molecule has 0 atom stereocenters. The molecule has 0 aliphatic carbocycles. The molecule has 0 saturated carbocycles.